The Morgan fingerprint density at radius 2 is 2.24 bits per heavy atom. The van der Waals surface area contributed by atoms with Crippen molar-refractivity contribution < 1.29 is 14.0 Å². The van der Waals surface area contributed by atoms with E-state index in [1.165, 1.54) is 6.07 Å². The van der Waals surface area contributed by atoms with Crippen LogP contribution in [0.3, 0.4) is 0 Å². The molecule has 3 N–H and O–H groups in total. The van der Waals surface area contributed by atoms with Crippen molar-refractivity contribution in [2.45, 2.75) is 19.3 Å². The van der Waals surface area contributed by atoms with Crippen molar-refractivity contribution in [2.24, 2.45) is 11.7 Å². The van der Waals surface area contributed by atoms with E-state index in [9.17, 15) is 14.0 Å². The van der Waals surface area contributed by atoms with Gasteiger partial charge in [-0.15, -0.1) is 0 Å². The molecule has 2 aliphatic heterocycles. The lowest BCUT2D eigenvalue weighted by Crippen LogP contribution is -2.31. The molecule has 2 heterocycles. The van der Waals surface area contributed by atoms with E-state index in [-0.39, 0.29) is 17.4 Å². The third kappa shape index (κ3) is 2.63. The lowest BCUT2D eigenvalue weighted by Gasteiger charge is -2.21. The Kier molecular flexibility index (Phi) is 3.63. The Morgan fingerprint density at radius 3 is 2.95 bits per heavy atom. The Morgan fingerprint density at radius 1 is 1.43 bits per heavy atom. The number of benzene rings is 1. The average Bonchev–Trinajstić information content (AvgIpc) is 2.94. The molecule has 1 aromatic rings. The maximum Gasteiger partial charge on any atom is 0.256 e. The number of carbonyl (C=O) groups excluding carboxylic acids is 2. The van der Waals surface area contributed by atoms with Crippen LogP contribution in [0, 0.1) is 11.7 Å². The predicted molar refractivity (Wildman–Crippen MR) is 76.4 cm³/mol. The van der Waals surface area contributed by atoms with Crippen LogP contribution in [-0.4, -0.2) is 36.3 Å². The van der Waals surface area contributed by atoms with Crippen molar-refractivity contribution in [1.29, 1.82) is 0 Å². The average molecular weight is 291 g/mol. The molecule has 1 fully saturated rings. The van der Waals surface area contributed by atoms with Crippen LogP contribution in [0.15, 0.2) is 12.1 Å². The topological polar surface area (TPSA) is 75.4 Å². The molecule has 0 saturated carbocycles. The number of amides is 2. The summed E-state index contributed by atoms with van der Waals surface area (Å²) < 4.78 is 14.2. The van der Waals surface area contributed by atoms with E-state index in [0.717, 1.165) is 12.0 Å². The molecular formula is C15H18FN3O2. The number of nitrogens with one attached hydrogen (secondary N) is 1. The summed E-state index contributed by atoms with van der Waals surface area (Å²) in [6.07, 6.45) is 1.77. The molecule has 0 aliphatic carbocycles. The number of hydrogen-bond donors (Lipinski definition) is 2. The van der Waals surface area contributed by atoms with Crippen molar-refractivity contribution in [2.75, 3.05) is 25.0 Å². The summed E-state index contributed by atoms with van der Waals surface area (Å²) in [7, 11) is 0. The number of hydrogen-bond acceptors (Lipinski definition) is 3. The number of likely N-dealkylation sites (tertiary alicyclic amines) is 1. The van der Waals surface area contributed by atoms with E-state index in [2.05, 4.69) is 5.32 Å². The smallest absolute Gasteiger partial charge is 0.256 e. The summed E-state index contributed by atoms with van der Waals surface area (Å²) in [4.78, 5) is 25.4. The molecule has 1 aromatic carbocycles. The first-order valence-corrected chi connectivity index (χ1v) is 7.20. The van der Waals surface area contributed by atoms with Crippen LogP contribution in [0.5, 0.6) is 0 Å². The van der Waals surface area contributed by atoms with Gasteiger partial charge >= 0.3 is 0 Å². The number of aryl methyl sites for hydroxylation is 1. The quantitative estimate of drug-likeness (QED) is 0.857. The highest BCUT2D eigenvalue weighted by atomic mass is 19.1. The third-order valence-corrected chi connectivity index (χ3v) is 4.23. The summed E-state index contributed by atoms with van der Waals surface area (Å²) in [5.41, 5.74) is 6.99. The fraction of sp³-hybridized carbons (Fsp3) is 0.467. The minimum atomic E-state index is -0.586. The molecule has 0 bridgehead atoms. The van der Waals surface area contributed by atoms with Crippen LogP contribution in [0.2, 0.25) is 0 Å². The van der Waals surface area contributed by atoms with Crippen LogP contribution in [-0.2, 0) is 11.2 Å². The van der Waals surface area contributed by atoms with Gasteiger partial charge in [0, 0.05) is 25.2 Å². The zero-order chi connectivity index (χ0) is 15.0. The molecular weight excluding hydrogens is 273 g/mol. The number of fused-ring (bicyclic) bond motifs is 1. The second-order valence-corrected chi connectivity index (χ2v) is 5.68. The third-order valence-electron chi connectivity index (χ3n) is 4.23. The summed E-state index contributed by atoms with van der Waals surface area (Å²) in [5.74, 6) is -0.694. The molecule has 0 aromatic heterocycles. The standard InChI is InChI=1S/C15H18FN3O2/c16-12-6-13-10(1-2-14(20)18-13)5-11(12)15(21)19-4-3-9(7-17)8-19/h5-6,9H,1-4,7-8,17H2,(H,18,20). The highest BCUT2D eigenvalue weighted by molar-refractivity contribution is 5.98. The molecule has 3 rings (SSSR count). The van der Waals surface area contributed by atoms with Gasteiger partial charge in [-0.05, 0) is 43.0 Å². The number of halogens is 1. The molecule has 1 saturated heterocycles. The molecule has 112 valence electrons. The van der Waals surface area contributed by atoms with Gasteiger partial charge < -0.3 is 16.0 Å². The van der Waals surface area contributed by atoms with Crippen molar-refractivity contribution >= 4 is 17.5 Å². The molecule has 1 unspecified atom stereocenters. The minimum absolute atomic E-state index is 0.0857. The van der Waals surface area contributed by atoms with E-state index < -0.39 is 5.82 Å². The van der Waals surface area contributed by atoms with Crippen LogP contribution in [0.25, 0.3) is 0 Å². The van der Waals surface area contributed by atoms with Crippen LogP contribution in [0.1, 0.15) is 28.8 Å². The molecule has 2 amide bonds. The van der Waals surface area contributed by atoms with E-state index >= 15 is 0 Å². The molecule has 0 spiro atoms. The second kappa shape index (κ2) is 5.44. The zero-order valence-electron chi connectivity index (χ0n) is 11.7. The molecule has 2 aliphatic rings. The van der Waals surface area contributed by atoms with E-state index in [4.69, 9.17) is 5.73 Å². The Labute approximate surface area is 122 Å². The number of rotatable bonds is 2. The molecule has 0 radical (unpaired) electrons. The monoisotopic (exact) mass is 291 g/mol. The van der Waals surface area contributed by atoms with Gasteiger partial charge in [-0.25, -0.2) is 4.39 Å². The summed E-state index contributed by atoms with van der Waals surface area (Å²) in [6.45, 7) is 1.75. The van der Waals surface area contributed by atoms with E-state index in [1.807, 2.05) is 0 Å². The largest absolute Gasteiger partial charge is 0.338 e. The Hall–Kier alpha value is -1.95. The maximum absolute atomic E-state index is 14.2. The second-order valence-electron chi connectivity index (χ2n) is 5.68. The van der Waals surface area contributed by atoms with Gasteiger partial charge in [-0.2, -0.15) is 0 Å². The maximum atomic E-state index is 14.2. The van der Waals surface area contributed by atoms with Crippen molar-refractivity contribution in [1.82, 2.24) is 4.90 Å². The van der Waals surface area contributed by atoms with Gasteiger partial charge in [0.25, 0.3) is 5.91 Å². The molecule has 6 heteroatoms. The van der Waals surface area contributed by atoms with Gasteiger partial charge in [0.1, 0.15) is 5.82 Å². The predicted octanol–water partition coefficient (Wildman–Crippen LogP) is 1.13. The summed E-state index contributed by atoms with van der Waals surface area (Å²) in [5, 5.41) is 2.63. The molecule has 1 atom stereocenters. The van der Waals surface area contributed by atoms with Crippen LogP contribution >= 0.6 is 0 Å². The Bertz CT molecular complexity index is 603. The van der Waals surface area contributed by atoms with Gasteiger partial charge in [0.15, 0.2) is 0 Å². The lowest BCUT2D eigenvalue weighted by molar-refractivity contribution is -0.116. The summed E-state index contributed by atoms with van der Waals surface area (Å²) in [6, 6.07) is 2.82. The first kappa shape index (κ1) is 14.0. The van der Waals surface area contributed by atoms with Crippen LogP contribution in [0.4, 0.5) is 10.1 Å². The van der Waals surface area contributed by atoms with Crippen molar-refractivity contribution in [3.05, 3.63) is 29.1 Å². The Balaban J connectivity index is 1.85. The normalized spacial score (nSPS) is 21.1. The molecule has 21 heavy (non-hydrogen) atoms. The lowest BCUT2D eigenvalue weighted by atomic mass is 9.99. The van der Waals surface area contributed by atoms with Gasteiger partial charge in [0.2, 0.25) is 5.91 Å². The number of anilines is 1. The SMILES string of the molecule is NCC1CCN(C(=O)c2cc3c(cc2F)NC(=O)CC3)C1. The van der Waals surface area contributed by atoms with E-state index in [1.54, 1.807) is 11.0 Å². The number of nitrogens with zero attached hydrogens (tertiary/aromatic N) is 1. The van der Waals surface area contributed by atoms with Crippen molar-refractivity contribution in [3.63, 3.8) is 0 Å². The van der Waals surface area contributed by atoms with Gasteiger partial charge in [-0.1, -0.05) is 0 Å². The first-order chi connectivity index (χ1) is 10.1. The van der Waals surface area contributed by atoms with E-state index in [0.29, 0.717) is 44.1 Å². The van der Waals surface area contributed by atoms with Gasteiger partial charge in [0.05, 0.1) is 5.56 Å². The fourth-order valence-electron chi connectivity index (χ4n) is 2.95. The van der Waals surface area contributed by atoms with Crippen molar-refractivity contribution in [3.8, 4) is 0 Å². The van der Waals surface area contributed by atoms with Crippen LogP contribution < -0.4 is 11.1 Å². The highest BCUT2D eigenvalue weighted by Crippen LogP contribution is 2.27. The highest BCUT2D eigenvalue weighted by Gasteiger charge is 2.29. The summed E-state index contributed by atoms with van der Waals surface area (Å²) >= 11 is 0. The number of carbonyl (C=O) groups is 2. The molecule has 5 nitrogen and oxygen atoms in total. The minimum Gasteiger partial charge on any atom is -0.338 e. The zero-order valence-corrected chi connectivity index (χ0v) is 11.7. The number of nitrogens with two attached hydrogens (primary N) is 1. The fourth-order valence-corrected chi connectivity index (χ4v) is 2.95. The van der Waals surface area contributed by atoms with Gasteiger partial charge in [-0.3, -0.25) is 9.59 Å². The first-order valence-electron chi connectivity index (χ1n) is 7.20.